The van der Waals surface area contributed by atoms with Crippen molar-refractivity contribution in [2.45, 2.75) is 39.2 Å². The van der Waals surface area contributed by atoms with Crippen LogP contribution in [0, 0.1) is 34.0 Å². The lowest BCUT2D eigenvalue weighted by Gasteiger charge is -2.35. The first kappa shape index (κ1) is 21.0. The smallest absolute Gasteiger partial charge is 0.243 e. The van der Waals surface area contributed by atoms with E-state index in [1.807, 2.05) is 25.2 Å². The molecule has 0 unspecified atom stereocenters. The summed E-state index contributed by atoms with van der Waals surface area (Å²) in [7, 11) is 1.81. The Bertz CT molecular complexity index is 954. The van der Waals surface area contributed by atoms with Gasteiger partial charge in [-0.3, -0.25) is 9.59 Å². The minimum absolute atomic E-state index is 0.0397. The van der Waals surface area contributed by atoms with Crippen LogP contribution < -0.4 is 5.32 Å². The molecule has 29 heavy (non-hydrogen) atoms. The van der Waals surface area contributed by atoms with Gasteiger partial charge in [0.25, 0.3) is 0 Å². The predicted octanol–water partition coefficient (Wildman–Crippen LogP) is 3.29. The lowest BCUT2D eigenvalue weighted by Crippen LogP contribution is -2.44. The second kappa shape index (κ2) is 8.31. The standard InChI is InChI=1S/C22H24N4O2S/c1-22(2)16(11-23)20(28)25-21(17(22)12-24)29-13-19(27)26(3)18-10-6-8-14-7-4-5-9-15(14)18/h4-5,7,9,16,18H,6,8,10,13H2,1-3H3,(H,25,28)/t16-,18+/m1/s1. The number of fused-ring (bicyclic) bond motifs is 1. The second-order valence-corrected chi connectivity index (χ2v) is 8.97. The first-order valence-corrected chi connectivity index (χ1v) is 10.6. The molecule has 1 aromatic carbocycles. The molecule has 0 aromatic heterocycles. The number of allylic oxidation sites excluding steroid dienone is 1. The molecule has 0 fully saturated rings. The summed E-state index contributed by atoms with van der Waals surface area (Å²) in [5.41, 5.74) is 1.92. The molecule has 1 aliphatic heterocycles. The molecule has 150 valence electrons. The predicted molar refractivity (Wildman–Crippen MR) is 111 cm³/mol. The zero-order chi connectivity index (χ0) is 21.2. The molecule has 0 radical (unpaired) electrons. The minimum atomic E-state index is -0.932. The van der Waals surface area contributed by atoms with Crippen molar-refractivity contribution in [2.75, 3.05) is 12.8 Å². The lowest BCUT2D eigenvalue weighted by atomic mass is 9.72. The van der Waals surface area contributed by atoms with E-state index < -0.39 is 17.2 Å². The van der Waals surface area contributed by atoms with E-state index in [1.54, 1.807) is 18.7 Å². The summed E-state index contributed by atoms with van der Waals surface area (Å²) in [5.74, 6) is -1.31. The molecular weight excluding hydrogens is 384 g/mol. The molecule has 6 nitrogen and oxygen atoms in total. The quantitative estimate of drug-likeness (QED) is 0.824. The normalized spacial score (nSPS) is 22.7. The number of carbonyl (C=O) groups excluding carboxylic acids is 2. The van der Waals surface area contributed by atoms with Crippen molar-refractivity contribution in [3.05, 3.63) is 46.0 Å². The number of carbonyl (C=O) groups is 2. The lowest BCUT2D eigenvalue weighted by molar-refractivity contribution is -0.129. The van der Waals surface area contributed by atoms with Gasteiger partial charge in [-0.2, -0.15) is 10.5 Å². The Morgan fingerprint density at radius 2 is 2.07 bits per heavy atom. The fourth-order valence-corrected chi connectivity index (χ4v) is 5.17. The van der Waals surface area contributed by atoms with Crippen molar-refractivity contribution < 1.29 is 9.59 Å². The van der Waals surface area contributed by atoms with E-state index in [0.717, 1.165) is 31.0 Å². The Labute approximate surface area is 175 Å². The van der Waals surface area contributed by atoms with Gasteiger partial charge in [0.2, 0.25) is 11.8 Å². The van der Waals surface area contributed by atoms with Crippen LogP contribution in [-0.4, -0.2) is 29.5 Å². The van der Waals surface area contributed by atoms with Crippen LogP contribution in [0.25, 0.3) is 0 Å². The summed E-state index contributed by atoms with van der Waals surface area (Å²) < 4.78 is 0. The maximum absolute atomic E-state index is 12.9. The first-order valence-electron chi connectivity index (χ1n) is 9.62. The number of benzene rings is 1. The number of hydrogen-bond acceptors (Lipinski definition) is 5. The zero-order valence-corrected chi connectivity index (χ0v) is 17.7. The molecule has 0 saturated carbocycles. The molecular formula is C22H24N4O2S. The van der Waals surface area contributed by atoms with Gasteiger partial charge < -0.3 is 10.2 Å². The molecule has 7 heteroatoms. The molecule has 1 aliphatic carbocycles. The number of hydrogen-bond donors (Lipinski definition) is 1. The van der Waals surface area contributed by atoms with E-state index in [2.05, 4.69) is 23.5 Å². The number of thioether (sulfide) groups is 1. The van der Waals surface area contributed by atoms with Gasteiger partial charge in [0.1, 0.15) is 5.92 Å². The van der Waals surface area contributed by atoms with E-state index >= 15 is 0 Å². The van der Waals surface area contributed by atoms with Gasteiger partial charge in [-0.1, -0.05) is 49.9 Å². The van der Waals surface area contributed by atoms with Crippen LogP contribution in [0.5, 0.6) is 0 Å². The highest BCUT2D eigenvalue weighted by Gasteiger charge is 2.44. The third-order valence-electron chi connectivity index (χ3n) is 5.87. The topological polar surface area (TPSA) is 97.0 Å². The molecule has 0 bridgehead atoms. The van der Waals surface area contributed by atoms with E-state index in [-0.39, 0.29) is 17.7 Å². The maximum Gasteiger partial charge on any atom is 0.243 e. The fraction of sp³-hybridized carbons (Fsp3) is 0.455. The van der Waals surface area contributed by atoms with Crippen LogP contribution in [0.4, 0.5) is 0 Å². The number of aryl methyl sites for hydroxylation is 1. The van der Waals surface area contributed by atoms with Gasteiger partial charge >= 0.3 is 0 Å². The van der Waals surface area contributed by atoms with Gasteiger partial charge in [0.05, 0.1) is 34.5 Å². The van der Waals surface area contributed by atoms with Gasteiger partial charge in [0, 0.05) is 12.5 Å². The maximum atomic E-state index is 12.9. The molecule has 1 N–H and O–H groups in total. The monoisotopic (exact) mass is 408 g/mol. The number of nitrogens with zero attached hydrogens (tertiary/aromatic N) is 3. The molecule has 1 aromatic rings. The summed E-state index contributed by atoms with van der Waals surface area (Å²) in [6.45, 7) is 3.43. The molecule has 3 rings (SSSR count). The zero-order valence-electron chi connectivity index (χ0n) is 16.9. The van der Waals surface area contributed by atoms with Crippen molar-refractivity contribution in [3.63, 3.8) is 0 Å². The Morgan fingerprint density at radius 1 is 1.34 bits per heavy atom. The number of nitriles is 2. The summed E-state index contributed by atoms with van der Waals surface area (Å²) in [4.78, 5) is 26.9. The first-order chi connectivity index (χ1) is 13.8. The Morgan fingerprint density at radius 3 is 2.76 bits per heavy atom. The van der Waals surface area contributed by atoms with Crippen LogP contribution in [0.3, 0.4) is 0 Å². The van der Waals surface area contributed by atoms with Gasteiger partial charge in [-0.05, 0) is 30.4 Å². The average molecular weight is 409 g/mol. The molecule has 2 aliphatic rings. The van der Waals surface area contributed by atoms with Crippen LogP contribution in [0.2, 0.25) is 0 Å². The third kappa shape index (κ3) is 3.88. The van der Waals surface area contributed by atoms with E-state index in [0.29, 0.717) is 10.6 Å². The van der Waals surface area contributed by atoms with Crippen molar-refractivity contribution >= 4 is 23.6 Å². The molecule has 2 atom stereocenters. The van der Waals surface area contributed by atoms with Crippen molar-refractivity contribution in [3.8, 4) is 12.1 Å². The summed E-state index contributed by atoms with van der Waals surface area (Å²) >= 11 is 1.15. The van der Waals surface area contributed by atoms with E-state index in [1.165, 1.54) is 11.1 Å². The number of amides is 2. The minimum Gasteiger partial charge on any atom is -0.338 e. The van der Waals surface area contributed by atoms with Gasteiger partial charge in [0.15, 0.2) is 0 Å². The van der Waals surface area contributed by atoms with Crippen molar-refractivity contribution in [1.82, 2.24) is 10.2 Å². The molecule has 1 heterocycles. The van der Waals surface area contributed by atoms with E-state index in [9.17, 15) is 20.1 Å². The summed E-state index contributed by atoms with van der Waals surface area (Å²) in [6, 6.07) is 12.4. The summed E-state index contributed by atoms with van der Waals surface area (Å²) in [6.07, 6.45) is 2.99. The van der Waals surface area contributed by atoms with Crippen LogP contribution in [0.1, 0.15) is 43.9 Å². The third-order valence-corrected chi connectivity index (χ3v) is 6.86. The Balaban J connectivity index is 1.75. The van der Waals surface area contributed by atoms with Crippen molar-refractivity contribution in [1.29, 1.82) is 10.5 Å². The highest BCUT2D eigenvalue weighted by molar-refractivity contribution is 8.03. The molecule has 0 saturated heterocycles. The van der Waals surface area contributed by atoms with Crippen LogP contribution in [0.15, 0.2) is 34.9 Å². The van der Waals surface area contributed by atoms with Crippen molar-refractivity contribution in [2.24, 2.45) is 11.3 Å². The fourth-order valence-electron chi connectivity index (χ4n) is 4.07. The largest absolute Gasteiger partial charge is 0.338 e. The van der Waals surface area contributed by atoms with E-state index in [4.69, 9.17) is 0 Å². The van der Waals surface area contributed by atoms with Crippen LogP contribution in [-0.2, 0) is 16.0 Å². The Hall–Kier alpha value is -2.77. The van der Waals surface area contributed by atoms with Gasteiger partial charge in [-0.25, -0.2) is 0 Å². The second-order valence-electron chi connectivity index (χ2n) is 7.99. The van der Waals surface area contributed by atoms with Crippen LogP contribution >= 0.6 is 11.8 Å². The Kier molecular flexibility index (Phi) is 6.00. The molecule has 2 amide bonds. The number of nitrogens with one attached hydrogen (secondary N) is 1. The number of rotatable bonds is 4. The van der Waals surface area contributed by atoms with Gasteiger partial charge in [-0.15, -0.1) is 0 Å². The summed E-state index contributed by atoms with van der Waals surface area (Å²) in [5, 5.41) is 21.9. The highest BCUT2D eigenvalue weighted by Crippen LogP contribution is 2.42. The SMILES string of the molecule is CN(C(=O)CSC1=C(C#N)C(C)(C)[C@H](C#N)C(=O)N1)[C@H]1CCCc2ccccc21. The average Bonchev–Trinajstić information content (AvgIpc) is 2.70. The molecule has 0 spiro atoms. The highest BCUT2D eigenvalue weighted by atomic mass is 32.2.